The van der Waals surface area contributed by atoms with Crippen LogP contribution in [-0.4, -0.2) is 24.8 Å². The monoisotopic (exact) mass is 233 g/mol. The molecule has 1 aliphatic carbocycles. The zero-order valence-electron chi connectivity index (χ0n) is 9.95. The van der Waals surface area contributed by atoms with Gasteiger partial charge in [-0.25, -0.2) is 0 Å². The SMILES string of the molecule is COc1ccc2c(c1)C(=O)[C@@H](NC(C)=O)CC2. The summed E-state index contributed by atoms with van der Waals surface area (Å²) >= 11 is 0. The lowest BCUT2D eigenvalue weighted by molar-refractivity contribution is -0.119. The van der Waals surface area contributed by atoms with Crippen molar-refractivity contribution in [2.24, 2.45) is 0 Å². The number of aryl methyl sites for hydroxylation is 1. The van der Waals surface area contributed by atoms with Crippen LogP contribution in [0.15, 0.2) is 18.2 Å². The van der Waals surface area contributed by atoms with E-state index in [0.717, 1.165) is 12.0 Å². The van der Waals surface area contributed by atoms with E-state index in [9.17, 15) is 9.59 Å². The average molecular weight is 233 g/mol. The van der Waals surface area contributed by atoms with Gasteiger partial charge in [0.15, 0.2) is 5.78 Å². The second kappa shape index (κ2) is 4.57. The van der Waals surface area contributed by atoms with Gasteiger partial charge in [0.2, 0.25) is 5.91 Å². The molecule has 1 atom stereocenters. The molecule has 90 valence electrons. The highest BCUT2D eigenvalue weighted by molar-refractivity contribution is 6.04. The summed E-state index contributed by atoms with van der Waals surface area (Å²) in [6.45, 7) is 1.42. The minimum absolute atomic E-state index is 0.0275. The molecular formula is C13H15NO3. The molecule has 0 aromatic heterocycles. The molecule has 1 aromatic carbocycles. The molecule has 1 aliphatic rings. The summed E-state index contributed by atoms with van der Waals surface area (Å²) in [5.74, 6) is 0.468. The van der Waals surface area contributed by atoms with Crippen LogP contribution >= 0.6 is 0 Å². The molecule has 0 bridgehead atoms. The number of ether oxygens (including phenoxy) is 1. The van der Waals surface area contributed by atoms with E-state index < -0.39 is 6.04 Å². The smallest absolute Gasteiger partial charge is 0.217 e. The molecule has 0 unspecified atom stereocenters. The van der Waals surface area contributed by atoms with Crippen molar-refractivity contribution < 1.29 is 14.3 Å². The molecule has 17 heavy (non-hydrogen) atoms. The van der Waals surface area contributed by atoms with E-state index in [1.807, 2.05) is 12.1 Å². The van der Waals surface area contributed by atoms with E-state index in [0.29, 0.717) is 17.7 Å². The van der Waals surface area contributed by atoms with E-state index in [4.69, 9.17) is 4.74 Å². The molecule has 2 rings (SSSR count). The van der Waals surface area contributed by atoms with Crippen LogP contribution in [0.3, 0.4) is 0 Å². The summed E-state index contributed by atoms with van der Waals surface area (Å²) in [6, 6.07) is 5.11. The minimum Gasteiger partial charge on any atom is -0.497 e. The number of Topliss-reactive ketones (excluding diaryl/α,β-unsaturated/α-hetero) is 1. The van der Waals surface area contributed by atoms with Gasteiger partial charge in [0, 0.05) is 12.5 Å². The fraction of sp³-hybridized carbons (Fsp3) is 0.385. The molecule has 1 aromatic rings. The lowest BCUT2D eigenvalue weighted by Crippen LogP contribution is -2.42. The highest BCUT2D eigenvalue weighted by Crippen LogP contribution is 2.25. The third-order valence-corrected chi connectivity index (χ3v) is 2.98. The molecule has 0 heterocycles. The Morgan fingerprint density at radius 3 is 2.88 bits per heavy atom. The molecule has 4 heteroatoms. The Labute approximate surface area is 100.0 Å². The van der Waals surface area contributed by atoms with Crippen molar-refractivity contribution in [2.45, 2.75) is 25.8 Å². The zero-order chi connectivity index (χ0) is 12.4. The van der Waals surface area contributed by atoms with E-state index in [1.54, 1.807) is 13.2 Å². The van der Waals surface area contributed by atoms with E-state index in [-0.39, 0.29) is 11.7 Å². The maximum atomic E-state index is 12.2. The molecule has 0 radical (unpaired) electrons. The molecule has 4 nitrogen and oxygen atoms in total. The third-order valence-electron chi connectivity index (χ3n) is 2.98. The Kier molecular flexibility index (Phi) is 3.13. The second-order valence-corrected chi connectivity index (χ2v) is 4.18. The van der Waals surface area contributed by atoms with Crippen molar-refractivity contribution in [3.05, 3.63) is 29.3 Å². The van der Waals surface area contributed by atoms with Gasteiger partial charge in [-0.2, -0.15) is 0 Å². The van der Waals surface area contributed by atoms with E-state index >= 15 is 0 Å². The van der Waals surface area contributed by atoms with Crippen LogP contribution < -0.4 is 10.1 Å². The maximum Gasteiger partial charge on any atom is 0.217 e. The molecule has 0 spiro atoms. The van der Waals surface area contributed by atoms with Crippen molar-refractivity contribution in [2.75, 3.05) is 7.11 Å². The van der Waals surface area contributed by atoms with Gasteiger partial charge >= 0.3 is 0 Å². The van der Waals surface area contributed by atoms with Crippen molar-refractivity contribution in [3.8, 4) is 5.75 Å². The zero-order valence-corrected chi connectivity index (χ0v) is 9.95. The van der Waals surface area contributed by atoms with Gasteiger partial charge in [0.05, 0.1) is 13.2 Å². The van der Waals surface area contributed by atoms with Gasteiger partial charge in [-0.15, -0.1) is 0 Å². The number of nitrogens with one attached hydrogen (secondary N) is 1. The number of amides is 1. The van der Waals surface area contributed by atoms with Gasteiger partial charge < -0.3 is 10.1 Å². The summed E-state index contributed by atoms with van der Waals surface area (Å²) in [7, 11) is 1.57. The van der Waals surface area contributed by atoms with Crippen LogP contribution in [0.5, 0.6) is 5.75 Å². The van der Waals surface area contributed by atoms with Crippen LogP contribution in [0.4, 0.5) is 0 Å². The Hall–Kier alpha value is -1.84. The summed E-state index contributed by atoms with van der Waals surface area (Å²) < 4.78 is 5.11. The van der Waals surface area contributed by atoms with Gasteiger partial charge in [-0.05, 0) is 30.5 Å². The predicted molar refractivity (Wildman–Crippen MR) is 63.3 cm³/mol. The number of rotatable bonds is 2. The summed E-state index contributed by atoms with van der Waals surface area (Å²) in [4.78, 5) is 23.2. The number of methoxy groups -OCH3 is 1. The average Bonchev–Trinajstić information content (AvgIpc) is 2.32. The first-order valence-corrected chi connectivity index (χ1v) is 5.60. The third kappa shape index (κ3) is 2.30. The fourth-order valence-electron chi connectivity index (χ4n) is 2.13. The molecular weight excluding hydrogens is 218 g/mol. The van der Waals surface area contributed by atoms with E-state index in [1.165, 1.54) is 6.92 Å². The van der Waals surface area contributed by atoms with Gasteiger partial charge in [-0.3, -0.25) is 9.59 Å². The Balaban J connectivity index is 2.30. The first-order chi connectivity index (χ1) is 8.11. The van der Waals surface area contributed by atoms with Crippen molar-refractivity contribution in [1.82, 2.24) is 5.32 Å². The number of fused-ring (bicyclic) bond motifs is 1. The Morgan fingerprint density at radius 1 is 1.47 bits per heavy atom. The van der Waals surface area contributed by atoms with Crippen LogP contribution in [0, 0.1) is 0 Å². The van der Waals surface area contributed by atoms with Gasteiger partial charge in [0.1, 0.15) is 5.75 Å². The summed E-state index contributed by atoms with van der Waals surface area (Å²) in [6.07, 6.45) is 1.47. The summed E-state index contributed by atoms with van der Waals surface area (Å²) in [5.41, 5.74) is 1.69. The minimum atomic E-state index is -0.396. The molecule has 0 saturated carbocycles. The number of carbonyl (C=O) groups excluding carboxylic acids is 2. The van der Waals surface area contributed by atoms with Crippen LogP contribution in [0.1, 0.15) is 29.3 Å². The Bertz CT molecular complexity index is 468. The van der Waals surface area contributed by atoms with Crippen molar-refractivity contribution in [1.29, 1.82) is 0 Å². The van der Waals surface area contributed by atoms with Crippen LogP contribution in [-0.2, 0) is 11.2 Å². The number of ketones is 1. The topological polar surface area (TPSA) is 55.4 Å². The van der Waals surface area contributed by atoms with Crippen LogP contribution in [0.25, 0.3) is 0 Å². The second-order valence-electron chi connectivity index (χ2n) is 4.18. The molecule has 0 saturated heterocycles. The predicted octanol–water partition coefficient (Wildman–Crippen LogP) is 1.33. The van der Waals surface area contributed by atoms with Crippen molar-refractivity contribution in [3.63, 3.8) is 0 Å². The quantitative estimate of drug-likeness (QED) is 0.838. The summed E-state index contributed by atoms with van der Waals surface area (Å²) in [5, 5.41) is 2.68. The first-order valence-electron chi connectivity index (χ1n) is 5.60. The lowest BCUT2D eigenvalue weighted by atomic mass is 9.87. The van der Waals surface area contributed by atoms with Gasteiger partial charge in [-0.1, -0.05) is 6.07 Å². The lowest BCUT2D eigenvalue weighted by Gasteiger charge is -2.24. The number of hydrogen-bond acceptors (Lipinski definition) is 3. The normalized spacial score (nSPS) is 18.5. The standard InChI is InChI=1S/C13H15NO3/c1-8(15)14-12-6-4-9-3-5-10(17-2)7-11(9)13(12)16/h3,5,7,12H,4,6H2,1-2H3,(H,14,15)/t12-/m0/s1. The number of benzene rings is 1. The fourth-order valence-corrected chi connectivity index (χ4v) is 2.13. The molecule has 1 amide bonds. The molecule has 0 fully saturated rings. The first kappa shape index (κ1) is 11.6. The highest BCUT2D eigenvalue weighted by atomic mass is 16.5. The van der Waals surface area contributed by atoms with E-state index in [2.05, 4.69) is 5.32 Å². The highest BCUT2D eigenvalue weighted by Gasteiger charge is 2.28. The van der Waals surface area contributed by atoms with Gasteiger partial charge in [0.25, 0.3) is 0 Å². The largest absolute Gasteiger partial charge is 0.497 e. The van der Waals surface area contributed by atoms with Crippen molar-refractivity contribution >= 4 is 11.7 Å². The van der Waals surface area contributed by atoms with Crippen LogP contribution in [0.2, 0.25) is 0 Å². The number of hydrogen-bond donors (Lipinski definition) is 1. The number of carbonyl (C=O) groups is 2. The molecule has 0 aliphatic heterocycles. The Morgan fingerprint density at radius 2 is 2.24 bits per heavy atom. The molecule has 1 N–H and O–H groups in total. The maximum absolute atomic E-state index is 12.2.